The van der Waals surface area contributed by atoms with Crippen molar-refractivity contribution in [1.82, 2.24) is 0 Å². The number of hydrogen-bond acceptors (Lipinski definition) is 7. The second-order valence-corrected chi connectivity index (χ2v) is 6.62. The molecule has 7 nitrogen and oxygen atoms in total. The smallest absolute Gasteiger partial charge is 0.338 e. The van der Waals surface area contributed by atoms with Crippen LogP contribution in [0.1, 0.15) is 27.6 Å². The van der Waals surface area contributed by atoms with Crippen LogP contribution in [0, 0.1) is 0 Å². The van der Waals surface area contributed by atoms with Gasteiger partial charge in [0.05, 0.1) is 11.1 Å². The molecule has 2 aromatic rings. The minimum atomic E-state index is -1.62. The highest BCUT2D eigenvalue weighted by Crippen LogP contribution is 2.34. The highest BCUT2D eigenvalue weighted by molar-refractivity contribution is 5.90. The molecule has 3 rings (SSSR count). The third kappa shape index (κ3) is 4.22. The van der Waals surface area contributed by atoms with Crippen molar-refractivity contribution in [3.05, 3.63) is 71.8 Å². The van der Waals surface area contributed by atoms with Crippen LogP contribution in [-0.2, 0) is 18.9 Å². The number of carbonyl (C=O) groups is 2. The molecule has 0 aromatic heterocycles. The molecule has 0 bridgehead atoms. The van der Waals surface area contributed by atoms with E-state index >= 15 is 0 Å². The fraction of sp³-hybridized carbons (Fsp3) is 0.333. The van der Waals surface area contributed by atoms with Gasteiger partial charge in [0.15, 0.2) is 18.0 Å². The quantitative estimate of drug-likeness (QED) is 0.761. The van der Waals surface area contributed by atoms with Crippen LogP contribution in [0.5, 0.6) is 0 Å². The topological polar surface area (TPSA) is 91.3 Å². The lowest BCUT2D eigenvalue weighted by Gasteiger charge is -2.28. The van der Waals surface area contributed by atoms with Crippen LogP contribution in [0.4, 0.5) is 0 Å². The Kier molecular flexibility index (Phi) is 6.08. The van der Waals surface area contributed by atoms with Crippen molar-refractivity contribution in [3.63, 3.8) is 0 Å². The number of hydrogen-bond donors (Lipinski definition) is 1. The molecule has 1 aliphatic rings. The summed E-state index contributed by atoms with van der Waals surface area (Å²) in [5.41, 5.74) is -0.907. The summed E-state index contributed by atoms with van der Waals surface area (Å²) in [5, 5.41) is 10.8. The van der Waals surface area contributed by atoms with Crippen LogP contribution < -0.4 is 0 Å². The summed E-state index contributed by atoms with van der Waals surface area (Å²) in [6, 6.07) is 16.9. The van der Waals surface area contributed by atoms with Crippen LogP contribution >= 0.6 is 0 Å². The average Bonchev–Trinajstić information content (AvgIpc) is 2.96. The molecule has 0 aliphatic carbocycles. The Labute approximate surface area is 162 Å². The van der Waals surface area contributed by atoms with E-state index in [-0.39, 0.29) is 6.61 Å². The highest BCUT2D eigenvalue weighted by Gasteiger charge is 2.56. The summed E-state index contributed by atoms with van der Waals surface area (Å²) in [6.07, 6.45) is -3.02. The van der Waals surface area contributed by atoms with Crippen molar-refractivity contribution in [2.45, 2.75) is 31.0 Å². The number of rotatable bonds is 6. The van der Waals surface area contributed by atoms with E-state index in [9.17, 15) is 14.7 Å². The predicted molar refractivity (Wildman–Crippen MR) is 98.7 cm³/mol. The molecule has 0 spiro atoms. The number of benzene rings is 2. The first-order valence-corrected chi connectivity index (χ1v) is 8.82. The number of aliphatic hydroxyl groups is 1. The third-order valence-electron chi connectivity index (χ3n) is 4.54. The van der Waals surface area contributed by atoms with E-state index in [0.29, 0.717) is 11.1 Å². The van der Waals surface area contributed by atoms with Crippen molar-refractivity contribution in [3.8, 4) is 0 Å². The van der Waals surface area contributed by atoms with E-state index in [0.717, 1.165) is 0 Å². The molecule has 4 atom stereocenters. The monoisotopic (exact) mass is 386 g/mol. The van der Waals surface area contributed by atoms with E-state index < -0.39 is 36.0 Å². The van der Waals surface area contributed by atoms with Crippen molar-refractivity contribution in [1.29, 1.82) is 0 Å². The minimum absolute atomic E-state index is 0.212. The molecular formula is C21H22O7. The number of carbonyl (C=O) groups excluding carboxylic acids is 2. The molecule has 0 saturated carbocycles. The Bertz CT molecular complexity index is 804. The zero-order valence-corrected chi connectivity index (χ0v) is 15.6. The second kappa shape index (κ2) is 8.52. The van der Waals surface area contributed by atoms with E-state index in [1.807, 2.05) is 0 Å². The Balaban J connectivity index is 1.72. The molecule has 1 saturated heterocycles. The molecule has 148 valence electrons. The van der Waals surface area contributed by atoms with Gasteiger partial charge in [-0.05, 0) is 31.2 Å². The van der Waals surface area contributed by atoms with E-state index in [4.69, 9.17) is 18.9 Å². The molecule has 7 heteroatoms. The first kappa shape index (κ1) is 20.0. The lowest BCUT2D eigenvalue weighted by Crippen LogP contribution is -2.49. The molecule has 0 amide bonds. The van der Waals surface area contributed by atoms with Gasteiger partial charge in [-0.15, -0.1) is 0 Å². The van der Waals surface area contributed by atoms with Crippen LogP contribution in [0.15, 0.2) is 60.7 Å². The van der Waals surface area contributed by atoms with E-state index in [1.165, 1.54) is 14.0 Å². The third-order valence-corrected chi connectivity index (χ3v) is 4.54. The zero-order chi connectivity index (χ0) is 20.1. The van der Waals surface area contributed by atoms with Crippen molar-refractivity contribution in [2.75, 3.05) is 13.7 Å². The molecular weight excluding hydrogens is 364 g/mol. The van der Waals surface area contributed by atoms with Crippen LogP contribution in [0.25, 0.3) is 0 Å². The van der Waals surface area contributed by atoms with Crippen molar-refractivity contribution >= 4 is 11.9 Å². The summed E-state index contributed by atoms with van der Waals surface area (Å²) in [4.78, 5) is 24.6. The van der Waals surface area contributed by atoms with Crippen LogP contribution in [0.2, 0.25) is 0 Å². The molecule has 1 N–H and O–H groups in total. The van der Waals surface area contributed by atoms with E-state index in [2.05, 4.69) is 0 Å². The van der Waals surface area contributed by atoms with Crippen LogP contribution in [0.3, 0.4) is 0 Å². The SMILES string of the molecule is CO[C@@H]1O[C@H](COC(=O)c2ccccc2)C(OC(=O)c2ccccc2)[C@]1(C)O. The Morgan fingerprint density at radius 1 is 1.00 bits per heavy atom. The lowest BCUT2D eigenvalue weighted by atomic mass is 9.97. The molecule has 1 heterocycles. The molecule has 28 heavy (non-hydrogen) atoms. The molecule has 1 unspecified atom stereocenters. The summed E-state index contributed by atoms with van der Waals surface area (Å²) < 4.78 is 21.6. The summed E-state index contributed by atoms with van der Waals surface area (Å²) in [7, 11) is 1.37. The van der Waals surface area contributed by atoms with Gasteiger partial charge in [0.2, 0.25) is 0 Å². The van der Waals surface area contributed by atoms with Gasteiger partial charge >= 0.3 is 11.9 Å². The predicted octanol–water partition coefficient (Wildman–Crippen LogP) is 2.19. The van der Waals surface area contributed by atoms with E-state index in [1.54, 1.807) is 60.7 Å². The van der Waals surface area contributed by atoms with Gasteiger partial charge in [-0.2, -0.15) is 0 Å². The maximum Gasteiger partial charge on any atom is 0.338 e. The number of ether oxygens (including phenoxy) is 4. The maximum absolute atomic E-state index is 12.5. The Morgan fingerprint density at radius 3 is 2.07 bits per heavy atom. The fourth-order valence-corrected chi connectivity index (χ4v) is 3.07. The molecule has 2 aromatic carbocycles. The molecule has 0 radical (unpaired) electrons. The number of esters is 2. The van der Waals surface area contributed by atoms with Gasteiger partial charge in [0, 0.05) is 7.11 Å². The summed E-state index contributed by atoms with van der Waals surface area (Å²) >= 11 is 0. The Hall–Kier alpha value is -2.74. The van der Waals surface area contributed by atoms with Gasteiger partial charge < -0.3 is 24.1 Å². The normalized spacial score (nSPS) is 26.6. The minimum Gasteiger partial charge on any atom is -0.459 e. The summed E-state index contributed by atoms with van der Waals surface area (Å²) in [5.74, 6) is -1.16. The van der Waals surface area contributed by atoms with Gasteiger partial charge in [0.25, 0.3) is 0 Å². The highest BCUT2D eigenvalue weighted by atomic mass is 16.7. The average molecular weight is 386 g/mol. The second-order valence-electron chi connectivity index (χ2n) is 6.62. The zero-order valence-electron chi connectivity index (χ0n) is 15.6. The largest absolute Gasteiger partial charge is 0.459 e. The van der Waals surface area contributed by atoms with Gasteiger partial charge in [-0.25, -0.2) is 9.59 Å². The van der Waals surface area contributed by atoms with Crippen molar-refractivity contribution in [2.24, 2.45) is 0 Å². The lowest BCUT2D eigenvalue weighted by molar-refractivity contribution is -0.187. The Morgan fingerprint density at radius 2 is 1.54 bits per heavy atom. The van der Waals surface area contributed by atoms with Gasteiger partial charge in [0.1, 0.15) is 12.7 Å². The fourth-order valence-electron chi connectivity index (χ4n) is 3.07. The van der Waals surface area contributed by atoms with Gasteiger partial charge in [-0.1, -0.05) is 36.4 Å². The maximum atomic E-state index is 12.5. The van der Waals surface area contributed by atoms with Crippen molar-refractivity contribution < 1.29 is 33.6 Å². The summed E-state index contributed by atoms with van der Waals surface area (Å²) in [6.45, 7) is 1.24. The molecule has 1 fully saturated rings. The molecule has 1 aliphatic heterocycles. The first-order chi connectivity index (χ1) is 13.4. The number of methoxy groups -OCH3 is 1. The van der Waals surface area contributed by atoms with Crippen LogP contribution in [-0.4, -0.2) is 54.9 Å². The first-order valence-electron chi connectivity index (χ1n) is 8.82. The standard InChI is InChI=1S/C21H22O7/c1-21(24)17(28-19(23)15-11-7-4-8-12-15)16(27-20(21)25-2)13-26-18(22)14-9-5-3-6-10-14/h3-12,16-17,20,24H,13H2,1-2H3/t16-,17?,20-,21+/m1/s1. The van der Waals surface area contributed by atoms with Gasteiger partial charge in [-0.3, -0.25) is 0 Å².